The lowest BCUT2D eigenvalue weighted by molar-refractivity contribution is -0.124. The highest BCUT2D eigenvalue weighted by Gasteiger charge is 2.24. The second-order valence-electron chi connectivity index (χ2n) is 8.39. The number of carbonyl (C=O) groups excluding carboxylic acids is 2. The van der Waals surface area contributed by atoms with E-state index in [1.54, 1.807) is 19.1 Å². The maximum atomic E-state index is 12.9. The van der Waals surface area contributed by atoms with Crippen molar-refractivity contribution in [2.24, 2.45) is 0 Å². The van der Waals surface area contributed by atoms with Gasteiger partial charge in [0.1, 0.15) is 19.3 Å². The number of nitrogens with one attached hydrogen (secondary N) is 3. The smallest absolute Gasteiger partial charge is 0.262 e. The van der Waals surface area contributed by atoms with Crippen molar-refractivity contribution in [2.45, 2.75) is 44.2 Å². The maximum Gasteiger partial charge on any atom is 0.262 e. The zero-order valence-corrected chi connectivity index (χ0v) is 19.2. The third-order valence-corrected chi connectivity index (χ3v) is 5.84. The van der Waals surface area contributed by atoms with E-state index in [1.807, 2.05) is 20.8 Å². The van der Waals surface area contributed by atoms with Gasteiger partial charge in [0.15, 0.2) is 11.5 Å². The molecule has 32 heavy (non-hydrogen) atoms. The molecule has 2 aromatic carbocycles. The van der Waals surface area contributed by atoms with Gasteiger partial charge < -0.3 is 20.1 Å². The fourth-order valence-corrected chi connectivity index (χ4v) is 4.08. The molecule has 0 saturated carbocycles. The zero-order chi connectivity index (χ0) is 23.5. The molecule has 1 heterocycles. The SMILES string of the molecule is CC(NC(=O)c1ccccc1NS(=O)(=O)c1ccc2c(c1)OCCO2)C(=O)NC(C)(C)C. The number of rotatable bonds is 6. The molecular formula is C22H27N3O6S. The molecule has 0 radical (unpaired) electrons. The van der Waals surface area contributed by atoms with Crippen LogP contribution in [0.5, 0.6) is 11.5 Å². The van der Waals surface area contributed by atoms with Gasteiger partial charge in [-0.25, -0.2) is 8.42 Å². The highest BCUT2D eigenvalue weighted by Crippen LogP contribution is 2.33. The Bertz CT molecular complexity index is 1120. The third-order valence-electron chi connectivity index (χ3n) is 4.48. The predicted octanol–water partition coefficient (Wildman–Crippen LogP) is 2.29. The van der Waals surface area contributed by atoms with Gasteiger partial charge in [-0.2, -0.15) is 0 Å². The Hall–Kier alpha value is -3.27. The number of para-hydroxylation sites is 1. The van der Waals surface area contributed by atoms with E-state index in [0.29, 0.717) is 24.7 Å². The standard InChI is InChI=1S/C22H27N3O6S/c1-14(20(26)24-22(2,3)4)23-21(27)16-7-5-6-8-17(16)25-32(28,29)15-9-10-18-19(13-15)31-12-11-30-18/h5-10,13-14,25H,11-12H2,1-4H3,(H,23,27)(H,24,26). The molecule has 3 rings (SSSR count). The van der Waals surface area contributed by atoms with Crippen LogP contribution in [-0.2, 0) is 14.8 Å². The van der Waals surface area contributed by atoms with E-state index in [4.69, 9.17) is 9.47 Å². The van der Waals surface area contributed by atoms with Gasteiger partial charge in [-0.15, -0.1) is 0 Å². The van der Waals surface area contributed by atoms with Crippen molar-refractivity contribution < 1.29 is 27.5 Å². The summed E-state index contributed by atoms with van der Waals surface area (Å²) in [4.78, 5) is 25.0. The van der Waals surface area contributed by atoms with Crippen molar-refractivity contribution in [3.8, 4) is 11.5 Å². The molecule has 0 bridgehead atoms. The van der Waals surface area contributed by atoms with Crippen LogP contribution in [0.25, 0.3) is 0 Å². The van der Waals surface area contributed by atoms with E-state index in [0.717, 1.165) is 0 Å². The van der Waals surface area contributed by atoms with E-state index in [-0.39, 0.29) is 22.1 Å². The summed E-state index contributed by atoms with van der Waals surface area (Å²) >= 11 is 0. The summed E-state index contributed by atoms with van der Waals surface area (Å²) in [6, 6.07) is 9.65. The minimum absolute atomic E-state index is 0.0325. The van der Waals surface area contributed by atoms with Gasteiger partial charge in [0.2, 0.25) is 5.91 Å². The molecule has 0 spiro atoms. The van der Waals surface area contributed by atoms with Crippen LogP contribution in [0.1, 0.15) is 38.1 Å². The molecule has 10 heteroatoms. The molecule has 0 aliphatic carbocycles. The van der Waals surface area contributed by atoms with Gasteiger partial charge in [0.05, 0.1) is 16.1 Å². The van der Waals surface area contributed by atoms with E-state index in [2.05, 4.69) is 15.4 Å². The number of ether oxygens (including phenoxy) is 2. The van der Waals surface area contributed by atoms with Crippen molar-refractivity contribution in [1.29, 1.82) is 0 Å². The van der Waals surface area contributed by atoms with Gasteiger partial charge in [-0.3, -0.25) is 14.3 Å². The molecule has 0 saturated heterocycles. The molecule has 1 aliphatic rings. The molecule has 3 N–H and O–H groups in total. The Morgan fingerprint density at radius 3 is 2.34 bits per heavy atom. The van der Waals surface area contributed by atoms with Crippen LogP contribution in [0.4, 0.5) is 5.69 Å². The topological polar surface area (TPSA) is 123 Å². The lowest BCUT2D eigenvalue weighted by atomic mass is 10.1. The van der Waals surface area contributed by atoms with Crippen LogP contribution in [0.3, 0.4) is 0 Å². The summed E-state index contributed by atoms with van der Waals surface area (Å²) in [6.45, 7) is 7.78. The second kappa shape index (κ2) is 9.07. The first-order valence-corrected chi connectivity index (χ1v) is 11.6. The van der Waals surface area contributed by atoms with Crippen molar-refractivity contribution in [1.82, 2.24) is 10.6 Å². The van der Waals surface area contributed by atoms with Gasteiger partial charge in [0, 0.05) is 11.6 Å². The molecule has 9 nitrogen and oxygen atoms in total. The number of amides is 2. The largest absolute Gasteiger partial charge is 0.486 e. The number of hydrogen-bond acceptors (Lipinski definition) is 6. The van der Waals surface area contributed by atoms with Gasteiger partial charge in [0.25, 0.3) is 15.9 Å². The van der Waals surface area contributed by atoms with E-state index < -0.39 is 27.5 Å². The highest BCUT2D eigenvalue weighted by atomic mass is 32.2. The summed E-state index contributed by atoms with van der Waals surface area (Å²) < 4.78 is 39.2. The van der Waals surface area contributed by atoms with Crippen molar-refractivity contribution in [2.75, 3.05) is 17.9 Å². The highest BCUT2D eigenvalue weighted by molar-refractivity contribution is 7.92. The van der Waals surface area contributed by atoms with Crippen LogP contribution in [0.2, 0.25) is 0 Å². The molecule has 1 unspecified atom stereocenters. The van der Waals surface area contributed by atoms with Crippen molar-refractivity contribution in [3.05, 3.63) is 48.0 Å². The van der Waals surface area contributed by atoms with Crippen LogP contribution < -0.4 is 24.8 Å². The summed E-state index contributed by atoms with van der Waals surface area (Å²) in [5.41, 5.74) is -0.278. The van der Waals surface area contributed by atoms with Crippen molar-refractivity contribution in [3.63, 3.8) is 0 Å². The minimum atomic E-state index is -4.02. The molecule has 2 aromatic rings. The third kappa shape index (κ3) is 5.70. The molecule has 2 amide bonds. The lowest BCUT2D eigenvalue weighted by Gasteiger charge is -2.24. The Morgan fingerprint density at radius 1 is 1.00 bits per heavy atom. The Kier molecular flexibility index (Phi) is 6.63. The number of carbonyl (C=O) groups is 2. The van der Waals surface area contributed by atoms with Crippen LogP contribution in [0.15, 0.2) is 47.4 Å². The fraction of sp³-hybridized carbons (Fsp3) is 0.364. The van der Waals surface area contributed by atoms with Crippen LogP contribution in [-0.4, -0.2) is 45.0 Å². The summed E-state index contributed by atoms with van der Waals surface area (Å²) in [5.74, 6) is -0.122. The van der Waals surface area contributed by atoms with Gasteiger partial charge in [-0.05, 0) is 52.0 Å². The average molecular weight is 462 g/mol. The normalized spacial score (nSPS) is 14.2. The Morgan fingerprint density at radius 2 is 1.66 bits per heavy atom. The number of anilines is 1. The minimum Gasteiger partial charge on any atom is -0.486 e. The van der Waals surface area contributed by atoms with Gasteiger partial charge in [-0.1, -0.05) is 12.1 Å². The molecule has 172 valence electrons. The van der Waals surface area contributed by atoms with E-state index >= 15 is 0 Å². The lowest BCUT2D eigenvalue weighted by Crippen LogP contribution is -2.50. The molecular weight excluding hydrogens is 434 g/mol. The number of benzene rings is 2. The monoisotopic (exact) mass is 461 g/mol. The van der Waals surface area contributed by atoms with E-state index in [9.17, 15) is 18.0 Å². The van der Waals surface area contributed by atoms with Gasteiger partial charge >= 0.3 is 0 Å². The zero-order valence-electron chi connectivity index (χ0n) is 18.4. The molecule has 0 fully saturated rings. The van der Waals surface area contributed by atoms with Crippen LogP contribution in [0, 0.1) is 0 Å². The summed E-state index contributed by atoms with van der Waals surface area (Å²) in [5, 5.41) is 5.39. The Balaban J connectivity index is 1.79. The number of fused-ring (bicyclic) bond motifs is 1. The molecule has 0 aromatic heterocycles. The number of sulfonamides is 1. The first-order valence-electron chi connectivity index (χ1n) is 10.1. The van der Waals surface area contributed by atoms with E-state index in [1.165, 1.54) is 30.3 Å². The summed E-state index contributed by atoms with van der Waals surface area (Å²) in [6.07, 6.45) is 0. The van der Waals surface area contributed by atoms with Crippen LogP contribution >= 0.6 is 0 Å². The predicted molar refractivity (Wildman–Crippen MR) is 120 cm³/mol. The first kappa shape index (κ1) is 23.4. The number of hydrogen-bond donors (Lipinski definition) is 3. The van der Waals surface area contributed by atoms with Crippen molar-refractivity contribution >= 4 is 27.5 Å². The fourth-order valence-electron chi connectivity index (χ4n) is 2.98. The second-order valence-corrected chi connectivity index (χ2v) is 10.1. The molecule has 1 atom stereocenters. The molecule has 1 aliphatic heterocycles. The Labute approximate surface area is 187 Å². The first-order chi connectivity index (χ1) is 15.0. The maximum absolute atomic E-state index is 12.9. The summed E-state index contributed by atoms with van der Waals surface area (Å²) in [7, 11) is -4.02. The quantitative estimate of drug-likeness (QED) is 0.607. The average Bonchev–Trinajstić information content (AvgIpc) is 2.72.